The summed E-state index contributed by atoms with van der Waals surface area (Å²) in [7, 11) is 0. The third-order valence-electron chi connectivity index (χ3n) is 4.70. The molecule has 0 spiro atoms. The average molecular weight is 399 g/mol. The van der Waals surface area contributed by atoms with Crippen LogP contribution in [0.25, 0.3) is 5.57 Å². The van der Waals surface area contributed by atoms with E-state index < -0.39 is 5.91 Å². The molecule has 30 heavy (non-hydrogen) atoms. The zero-order chi connectivity index (χ0) is 21.3. The molecule has 7 heteroatoms. The number of aromatic hydroxyl groups is 1. The van der Waals surface area contributed by atoms with Crippen LogP contribution in [0.4, 0.5) is 11.4 Å². The molecule has 1 aliphatic rings. The number of nitrogens with two attached hydrogens (primary N) is 1. The molecule has 1 aliphatic heterocycles. The number of amides is 2. The SMILES string of the molecule is NC(=O)c1cccc(C(=O)c2ccc3c(c2)NC(=O)C3=CNc2cccc(O)c2)c1. The molecule has 5 N–H and O–H groups in total. The van der Waals surface area contributed by atoms with Gasteiger partial charge in [0.15, 0.2) is 5.78 Å². The molecule has 0 fully saturated rings. The second-order valence-electron chi connectivity index (χ2n) is 6.74. The maximum atomic E-state index is 12.8. The predicted molar refractivity (Wildman–Crippen MR) is 113 cm³/mol. The number of carbonyl (C=O) groups is 3. The first kappa shape index (κ1) is 18.9. The van der Waals surface area contributed by atoms with Crippen molar-refractivity contribution in [3.63, 3.8) is 0 Å². The first-order valence-electron chi connectivity index (χ1n) is 9.08. The van der Waals surface area contributed by atoms with Crippen molar-refractivity contribution in [3.05, 3.63) is 95.2 Å². The first-order valence-corrected chi connectivity index (χ1v) is 9.08. The fraction of sp³-hybridized carbons (Fsp3) is 0. The van der Waals surface area contributed by atoms with Crippen LogP contribution in [-0.4, -0.2) is 22.7 Å². The van der Waals surface area contributed by atoms with E-state index in [-0.39, 0.29) is 23.0 Å². The molecule has 2 amide bonds. The number of hydrogen-bond donors (Lipinski definition) is 4. The van der Waals surface area contributed by atoms with Gasteiger partial charge in [-0.25, -0.2) is 0 Å². The zero-order valence-electron chi connectivity index (χ0n) is 15.7. The number of rotatable bonds is 5. The fourth-order valence-corrected chi connectivity index (χ4v) is 3.21. The van der Waals surface area contributed by atoms with Crippen LogP contribution in [0.3, 0.4) is 0 Å². The summed E-state index contributed by atoms with van der Waals surface area (Å²) in [6.07, 6.45) is 1.55. The number of ketones is 1. The molecule has 3 aromatic carbocycles. The van der Waals surface area contributed by atoms with Crippen molar-refractivity contribution < 1.29 is 19.5 Å². The Morgan fingerprint density at radius 2 is 1.67 bits per heavy atom. The number of primary amides is 1. The van der Waals surface area contributed by atoms with Crippen molar-refractivity contribution in [3.8, 4) is 5.75 Å². The Hall–Kier alpha value is -4.39. The van der Waals surface area contributed by atoms with Crippen LogP contribution >= 0.6 is 0 Å². The molecular formula is C23H17N3O4. The summed E-state index contributed by atoms with van der Waals surface area (Å²) in [5.41, 5.74) is 8.43. The number of carbonyl (C=O) groups excluding carboxylic acids is 3. The van der Waals surface area contributed by atoms with E-state index >= 15 is 0 Å². The minimum absolute atomic E-state index is 0.109. The number of phenols is 1. The Morgan fingerprint density at radius 3 is 2.43 bits per heavy atom. The minimum atomic E-state index is -0.611. The van der Waals surface area contributed by atoms with Crippen LogP contribution in [0.5, 0.6) is 5.75 Å². The van der Waals surface area contributed by atoms with Gasteiger partial charge in [0.05, 0.1) is 5.57 Å². The van der Waals surface area contributed by atoms with Crippen molar-refractivity contribution in [1.29, 1.82) is 0 Å². The van der Waals surface area contributed by atoms with Crippen molar-refractivity contribution in [1.82, 2.24) is 0 Å². The highest BCUT2D eigenvalue weighted by atomic mass is 16.3. The van der Waals surface area contributed by atoms with E-state index in [1.807, 2.05) is 0 Å². The summed E-state index contributed by atoms with van der Waals surface area (Å²) in [4.78, 5) is 36.6. The smallest absolute Gasteiger partial charge is 0.257 e. The molecule has 0 saturated heterocycles. The maximum Gasteiger partial charge on any atom is 0.257 e. The highest BCUT2D eigenvalue weighted by Gasteiger charge is 2.25. The van der Waals surface area contributed by atoms with E-state index in [9.17, 15) is 19.5 Å². The van der Waals surface area contributed by atoms with Crippen LogP contribution in [-0.2, 0) is 4.79 Å². The minimum Gasteiger partial charge on any atom is -0.508 e. The van der Waals surface area contributed by atoms with E-state index in [0.717, 1.165) is 0 Å². The Bertz CT molecular complexity index is 1230. The van der Waals surface area contributed by atoms with Gasteiger partial charge in [-0.2, -0.15) is 0 Å². The monoisotopic (exact) mass is 399 g/mol. The third kappa shape index (κ3) is 3.64. The molecule has 0 radical (unpaired) electrons. The quantitative estimate of drug-likeness (QED) is 0.388. The molecule has 0 atom stereocenters. The number of benzene rings is 3. The highest BCUT2D eigenvalue weighted by Crippen LogP contribution is 2.33. The summed E-state index contributed by atoms with van der Waals surface area (Å²) >= 11 is 0. The average Bonchev–Trinajstić information content (AvgIpc) is 3.06. The lowest BCUT2D eigenvalue weighted by molar-refractivity contribution is -0.110. The topological polar surface area (TPSA) is 122 Å². The molecule has 3 aromatic rings. The number of fused-ring (bicyclic) bond motifs is 1. The van der Waals surface area contributed by atoms with Crippen LogP contribution in [0, 0.1) is 0 Å². The zero-order valence-corrected chi connectivity index (χ0v) is 15.7. The molecule has 0 unspecified atom stereocenters. The first-order chi connectivity index (χ1) is 14.4. The lowest BCUT2D eigenvalue weighted by Gasteiger charge is -2.06. The van der Waals surface area contributed by atoms with Gasteiger partial charge in [-0.1, -0.05) is 30.3 Å². The summed E-state index contributed by atoms with van der Waals surface area (Å²) < 4.78 is 0. The van der Waals surface area contributed by atoms with Crippen LogP contribution in [0.15, 0.2) is 72.9 Å². The third-order valence-corrected chi connectivity index (χ3v) is 4.70. The van der Waals surface area contributed by atoms with E-state index in [1.165, 1.54) is 12.1 Å². The highest BCUT2D eigenvalue weighted by molar-refractivity contribution is 6.32. The van der Waals surface area contributed by atoms with E-state index in [0.29, 0.717) is 33.6 Å². The standard InChI is InChI=1S/C23H17N3O4/c24-22(29)15-4-1-3-13(9-15)21(28)14-7-8-18-19(23(30)26-20(18)10-14)12-25-16-5-2-6-17(27)11-16/h1-12,25,27H,(H2,24,29)(H,26,30). The molecule has 7 nitrogen and oxygen atoms in total. The predicted octanol–water partition coefficient (Wildman–Crippen LogP) is 3.13. The van der Waals surface area contributed by atoms with Gasteiger partial charge in [-0.05, 0) is 30.3 Å². The normalized spacial score (nSPS) is 13.6. The van der Waals surface area contributed by atoms with E-state index in [2.05, 4.69) is 10.6 Å². The van der Waals surface area contributed by atoms with Gasteiger partial charge in [0.2, 0.25) is 5.91 Å². The van der Waals surface area contributed by atoms with Gasteiger partial charge in [0.25, 0.3) is 5.91 Å². The second kappa shape index (κ2) is 7.56. The number of nitrogens with one attached hydrogen (secondary N) is 2. The molecule has 0 bridgehead atoms. The van der Waals surface area contributed by atoms with Gasteiger partial charge in [-0.15, -0.1) is 0 Å². The molecular weight excluding hydrogens is 382 g/mol. The van der Waals surface area contributed by atoms with Crippen LogP contribution in [0.2, 0.25) is 0 Å². The van der Waals surface area contributed by atoms with Crippen molar-refractivity contribution in [2.45, 2.75) is 0 Å². The Kier molecular flexibility index (Phi) is 4.77. The second-order valence-corrected chi connectivity index (χ2v) is 6.74. The van der Waals surface area contributed by atoms with Gasteiger partial charge in [0, 0.05) is 45.9 Å². The summed E-state index contributed by atoms with van der Waals surface area (Å²) in [5.74, 6) is -1.10. The lowest BCUT2D eigenvalue weighted by Crippen LogP contribution is -2.12. The van der Waals surface area contributed by atoms with Gasteiger partial charge >= 0.3 is 0 Å². The summed E-state index contributed by atoms with van der Waals surface area (Å²) in [6, 6.07) is 17.6. The maximum absolute atomic E-state index is 12.8. The van der Waals surface area contributed by atoms with Crippen molar-refractivity contribution in [2.24, 2.45) is 5.73 Å². The fourth-order valence-electron chi connectivity index (χ4n) is 3.21. The molecule has 1 heterocycles. The van der Waals surface area contributed by atoms with Crippen LogP contribution < -0.4 is 16.4 Å². The Balaban J connectivity index is 1.61. The number of anilines is 2. The van der Waals surface area contributed by atoms with Gasteiger partial charge < -0.3 is 21.5 Å². The number of phenolic OH excluding ortho intramolecular Hbond substituents is 1. The largest absolute Gasteiger partial charge is 0.508 e. The molecule has 148 valence electrons. The summed E-state index contributed by atoms with van der Waals surface area (Å²) in [5, 5.41) is 15.3. The Labute approximate surface area is 171 Å². The molecule has 0 saturated carbocycles. The van der Waals surface area contributed by atoms with Gasteiger partial charge in [-0.3, -0.25) is 14.4 Å². The number of hydrogen-bond acceptors (Lipinski definition) is 5. The van der Waals surface area contributed by atoms with Crippen molar-refractivity contribution in [2.75, 3.05) is 10.6 Å². The molecule has 4 rings (SSSR count). The summed E-state index contributed by atoms with van der Waals surface area (Å²) in [6.45, 7) is 0. The molecule has 0 aliphatic carbocycles. The van der Waals surface area contributed by atoms with E-state index in [1.54, 1.807) is 60.8 Å². The van der Waals surface area contributed by atoms with E-state index in [4.69, 9.17) is 5.73 Å². The van der Waals surface area contributed by atoms with Gasteiger partial charge in [0.1, 0.15) is 5.75 Å². The van der Waals surface area contributed by atoms with Crippen molar-refractivity contribution >= 4 is 34.5 Å². The molecule has 0 aromatic heterocycles. The Morgan fingerprint density at radius 1 is 0.933 bits per heavy atom. The van der Waals surface area contributed by atoms with Crippen LogP contribution in [0.1, 0.15) is 31.8 Å². The lowest BCUT2D eigenvalue weighted by atomic mass is 9.98.